The Kier molecular flexibility index (Phi) is 5.32. The number of hydrogen-bond donors (Lipinski definition) is 0. The molecule has 26 heavy (non-hydrogen) atoms. The van der Waals surface area contributed by atoms with Crippen LogP contribution in [0.25, 0.3) is 0 Å². The van der Waals surface area contributed by atoms with Gasteiger partial charge in [0.05, 0.1) is 13.2 Å². The molecule has 0 saturated carbocycles. The maximum atomic E-state index is 12.8. The van der Waals surface area contributed by atoms with Gasteiger partial charge in [-0.3, -0.25) is 4.79 Å². The first-order chi connectivity index (χ1) is 12.7. The van der Waals surface area contributed by atoms with E-state index in [1.165, 1.54) is 50.0 Å². The average molecular weight is 357 g/mol. The van der Waals surface area contributed by atoms with Crippen LogP contribution in [0.15, 0.2) is 24.3 Å². The van der Waals surface area contributed by atoms with Crippen LogP contribution in [0, 0.1) is 0 Å². The number of ether oxygens (including phenoxy) is 1. The van der Waals surface area contributed by atoms with E-state index in [1.54, 1.807) is 0 Å². The molecule has 0 N–H and O–H groups in total. The fourth-order valence-electron chi connectivity index (χ4n) is 5.36. The molecule has 4 rings (SSSR count). The van der Waals surface area contributed by atoms with Crippen LogP contribution in [0.4, 0.5) is 0 Å². The third-order valence-electron chi connectivity index (χ3n) is 6.75. The zero-order valence-electron chi connectivity index (χ0n) is 16.1. The summed E-state index contributed by atoms with van der Waals surface area (Å²) in [6.07, 6.45) is 5.54. The Hall–Kier alpha value is -1.39. The molecule has 1 spiro atoms. The third-order valence-corrected chi connectivity index (χ3v) is 6.75. The monoisotopic (exact) mass is 356 g/mol. The Bertz CT molecular complexity index is 631. The third kappa shape index (κ3) is 3.41. The fourth-order valence-corrected chi connectivity index (χ4v) is 5.36. The molecule has 0 radical (unpaired) electrons. The van der Waals surface area contributed by atoms with E-state index in [1.807, 2.05) is 4.90 Å². The van der Waals surface area contributed by atoms with E-state index >= 15 is 0 Å². The first-order valence-electron chi connectivity index (χ1n) is 10.4. The Morgan fingerprint density at radius 2 is 1.88 bits per heavy atom. The molecule has 4 heteroatoms. The Morgan fingerprint density at radius 1 is 1.15 bits per heavy atom. The van der Waals surface area contributed by atoms with Crippen LogP contribution >= 0.6 is 0 Å². The highest BCUT2D eigenvalue weighted by molar-refractivity contribution is 5.77. The van der Waals surface area contributed by atoms with E-state index in [9.17, 15) is 4.79 Å². The van der Waals surface area contributed by atoms with Gasteiger partial charge in [0, 0.05) is 19.5 Å². The number of rotatable bonds is 4. The number of benzene rings is 1. The van der Waals surface area contributed by atoms with Crippen LogP contribution in [-0.4, -0.2) is 61.6 Å². The summed E-state index contributed by atoms with van der Waals surface area (Å²) in [4.78, 5) is 17.4. The lowest BCUT2D eigenvalue weighted by molar-refractivity contribution is -0.135. The Labute approximate surface area is 157 Å². The van der Waals surface area contributed by atoms with Gasteiger partial charge in [0.15, 0.2) is 0 Å². The zero-order valence-corrected chi connectivity index (χ0v) is 16.1. The van der Waals surface area contributed by atoms with E-state index in [0.717, 1.165) is 19.5 Å². The second kappa shape index (κ2) is 7.69. The summed E-state index contributed by atoms with van der Waals surface area (Å²) in [5, 5.41) is 0. The van der Waals surface area contributed by atoms with Crippen LogP contribution in [0.3, 0.4) is 0 Å². The maximum Gasteiger partial charge on any atom is 0.223 e. The molecule has 2 heterocycles. The predicted molar refractivity (Wildman–Crippen MR) is 103 cm³/mol. The highest BCUT2D eigenvalue weighted by Crippen LogP contribution is 2.52. The largest absolute Gasteiger partial charge is 0.378 e. The van der Waals surface area contributed by atoms with E-state index in [0.29, 0.717) is 36.9 Å². The van der Waals surface area contributed by atoms with Gasteiger partial charge in [-0.1, -0.05) is 31.2 Å². The molecule has 1 aromatic rings. The molecule has 0 aromatic heterocycles. The van der Waals surface area contributed by atoms with Crippen LogP contribution in [-0.2, 0) is 14.9 Å². The van der Waals surface area contributed by atoms with Crippen molar-refractivity contribution in [2.45, 2.75) is 50.4 Å². The Balaban J connectivity index is 1.49. The lowest BCUT2D eigenvalue weighted by Gasteiger charge is -2.40. The highest BCUT2D eigenvalue weighted by Gasteiger charge is 2.45. The van der Waals surface area contributed by atoms with Gasteiger partial charge in [0.2, 0.25) is 5.91 Å². The van der Waals surface area contributed by atoms with Gasteiger partial charge in [-0.15, -0.1) is 0 Å². The molecule has 3 aliphatic rings. The quantitative estimate of drug-likeness (QED) is 0.831. The molecule has 1 aliphatic carbocycles. The number of piperidine rings is 1. The molecule has 2 saturated heterocycles. The van der Waals surface area contributed by atoms with Crippen LogP contribution < -0.4 is 0 Å². The van der Waals surface area contributed by atoms with Crippen molar-refractivity contribution in [2.24, 2.45) is 0 Å². The van der Waals surface area contributed by atoms with Crippen molar-refractivity contribution >= 4 is 5.91 Å². The molecule has 2 aliphatic heterocycles. The SMILES string of the molecule is CCCN1CCC2(CC1)CC(CC(=O)N1CCOCC1)c1ccccc12. The molecule has 1 unspecified atom stereocenters. The fraction of sp³-hybridized carbons (Fsp3) is 0.682. The molecule has 1 atom stereocenters. The summed E-state index contributed by atoms with van der Waals surface area (Å²) in [5.41, 5.74) is 3.28. The molecular weight excluding hydrogens is 324 g/mol. The number of carbonyl (C=O) groups excluding carboxylic acids is 1. The number of carbonyl (C=O) groups is 1. The van der Waals surface area contributed by atoms with Gasteiger partial charge in [-0.25, -0.2) is 0 Å². The Morgan fingerprint density at radius 3 is 2.62 bits per heavy atom. The minimum atomic E-state index is 0.302. The van der Waals surface area contributed by atoms with Gasteiger partial charge in [-0.05, 0) is 67.8 Å². The van der Waals surface area contributed by atoms with Gasteiger partial charge in [0.25, 0.3) is 0 Å². The minimum Gasteiger partial charge on any atom is -0.378 e. The van der Waals surface area contributed by atoms with Crippen LogP contribution in [0.2, 0.25) is 0 Å². The number of fused-ring (bicyclic) bond motifs is 2. The smallest absolute Gasteiger partial charge is 0.223 e. The van der Waals surface area contributed by atoms with Crippen molar-refractivity contribution < 1.29 is 9.53 Å². The molecule has 0 bridgehead atoms. The van der Waals surface area contributed by atoms with Gasteiger partial charge in [0.1, 0.15) is 0 Å². The summed E-state index contributed by atoms with van der Waals surface area (Å²) in [7, 11) is 0. The summed E-state index contributed by atoms with van der Waals surface area (Å²) >= 11 is 0. The molecule has 1 amide bonds. The van der Waals surface area contributed by atoms with Crippen molar-refractivity contribution in [3.8, 4) is 0 Å². The van der Waals surface area contributed by atoms with Crippen molar-refractivity contribution in [2.75, 3.05) is 45.9 Å². The highest BCUT2D eigenvalue weighted by atomic mass is 16.5. The number of likely N-dealkylation sites (tertiary alicyclic amines) is 1. The van der Waals surface area contributed by atoms with Crippen molar-refractivity contribution in [1.29, 1.82) is 0 Å². The average Bonchev–Trinajstić information content (AvgIpc) is 2.98. The molecule has 2 fully saturated rings. The molecule has 4 nitrogen and oxygen atoms in total. The van der Waals surface area contributed by atoms with Crippen molar-refractivity contribution in [3.63, 3.8) is 0 Å². The number of nitrogens with zero attached hydrogens (tertiary/aromatic N) is 2. The van der Waals surface area contributed by atoms with Crippen LogP contribution in [0.1, 0.15) is 56.1 Å². The van der Waals surface area contributed by atoms with E-state index in [-0.39, 0.29) is 0 Å². The molecule has 142 valence electrons. The first kappa shape index (κ1) is 18.0. The summed E-state index contributed by atoms with van der Waals surface area (Å²) in [6, 6.07) is 8.95. The predicted octanol–water partition coefficient (Wildman–Crippen LogP) is 3.17. The van der Waals surface area contributed by atoms with Gasteiger partial charge in [-0.2, -0.15) is 0 Å². The maximum absolute atomic E-state index is 12.8. The summed E-state index contributed by atoms with van der Waals surface area (Å²) in [5.74, 6) is 0.702. The van der Waals surface area contributed by atoms with E-state index in [4.69, 9.17) is 4.74 Å². The minimum absolute atomic E-state index is 0.302. The normalized spacial score (nSPS) is 25.4. The number of amides is 1. The molecule has 1 aromatic carbocycles. The summed E-state index contributed by atoms with van der Waals surface area (Å²) < 4.78 is 5.40. The second-order valence-corrected chi connectivity index (χ2v) is 8.31. The molecular formula is C22H32N2O2. The lowest BCUT2D eigenvalue weighted by Crippen LogP contribution is -2.42. The number of hydrogen-bond acceptors (Lipinski definition) is 3. The zero-order chi connectivity index (χ0) is 18.0. The van der Waals surface area contributed by atoms with E-state index in [2.05, 4.69) is 36.1 Å². The number of morpholine rings is 1. The van der Waals surface area contributed by atoms with Gasteiger partial charge < -0.3 is 14.5 Å². The van der Waals surface area contributed by atoms with Gasteiger partial charge >= 0.3 is 0 Å². The second-order valence-electron chi connectivity index (χ2n) is 8.31. The summed E-state index contributed by atoms with van der Waals surface area (Å²) in [6.45, 7) is 8.76. The van der Waals surface area contributed by atoms with E-state index < -0.39 is 0 Å². The lowest BCUT2D eigenvalue weighted by atomic mass is 9.73. The standard InChI is InChI=1S/C22H32N2O2/c1-2-9-23-10-7-22(8-11-23)17-18(19-5-3-4-6-20(19)22)16-21(25)24-12-14-26-15-13-24/h3-6,18H,2,7-17H2,1H3. The first-order valence-corrected chi connectivity index (χ1v) is 10.4. The topological polar surface area (TPSA) is 32.8 Å². The van der Waals surface area contributed by atoms with Crippen molar-refractivity contribution in [3.05, 3.63) is 35.4 Å². The van der Waals surface area contributed by atoms with Crippen LogP contribution in [0.5, 0.6) is 0 Å². The van der Waals surface area contributed by atoms with Crippen molar-refractivity contribution in [1.82, 2.24) is 9.80 Å².